The number of hydrogen-bond acceptors (Lipinski definition) is 5. The van der Waals surface area contributed by atoms with Gasteiger partial charge in [0.25, 0.3) is 5.91 Å². The Hall–Kier alpha value is -3.77. The molecule has 3 heterocycles. The zero-order chi connectivity index (χ0) is 23.3. The van der Waals surface area contributed by atoms with E-state index in [1.165, 1.54) is 0 Å². The zero-order valence-electron chi connectivity index (χ0n) is 19.0. The molecule has 2 fully saturated rings. The maximum absolute atomic E-state index is 13.6. The van der Waals surface area contributed by atoms with E-state index in [1.807, 2.05) is 78.9 Å². The van der Waals surface area contributed by atoms with E-state index in [2.05, 4.69) is 4.90 Å². The molecule has 2 aromatic carbocycles. The number of morpholine rings is 1. The van der Waals surface area contributed by atoms with Gasteiger partial charge in [-0.15, -0.1) is 0 Å². The molecule has 0 spiro atoms. The standard InChI is InChI=1S/C28H27N3O3/c32-27-24(18-23-12-7-13-26(29-23)30-14-16-34-17-15-30)28(33)31(19-21-8-3-1-4-9-21)20-25(27)22-10-5-2-6-11-22/h1-13,18,25H,14-17,19-20H2/b24-18+. The summed E-state index contributed by atoms with van der Waals surface area (Å²) in [6, 6.07) is 25.3. The third-order valence-electron chi connectivity index (χ3n) is 6.30. The van der Waals surface area contributed by atoms with Crippen LogP contribution in [0.25, 0.3) is 6.08 Å². The third kappa shape index (κ3) is 4.77. The number of Topliss-reactive ketones (excluding diaryl/α,β-unsaturated/α-hetero) is 1. The first kappa shape index (κ1) is 22.0. The number of pyridine rings is 1. The van der Waals surface area contributed by atoms with Crippen molar-refractivity contribution in [2.45, 2.75) is 12.5 Å². The summed E-state index contributed by atoms with van der Waals surface area (Å²) in [4.78, 5) is 35.7. The van der Waals surface area contributed by atoms with Gasteiger partial charge in [0.05, 0.1) is 30.4 Å². The predicted molar refractivity (Wildman–Crippen MR) is 131 cm³/mol. The summed E-state index contributed by atoms with van der Waals surface area (Å²) in [6.07, 6.45) is 1.65. The van der Waals surface area contributed by atoms with Gasteiger partial charge in [0.15, 0.2) is 5.78 Å². The third-order valence-corrected chi connectivity index (χ3v) is 6.30. The fraction of sp³-hybridized carbons (Fsp3) is 0.250. The molecule has 0 saturated carbocycles. The Morgan fingerprint density at radius 2 is 1.59 bits per heavy atom. The lowest BCUT2D eigenvalue weighted by molar-refractivity contribution is -0.134. The van der Waals surface area contributed by atoms with Gasteiger partial charge in [0.1, 0.15) is 5.82 Å². The highest BCUT2D eigenvalue weighted by Crippen LogP contribution is 2.30. The molecule has 0 bridgehead atoms. The van der Waals surface area contributed by atoms with E-state index in [0.29, 0.717) is 32.0 Å². The molecule has 3 aromatic rings. The second-order valence-corrected chi connectivity index (χ2v) is 8.58. The number of nitrogens with zero attached hydrogens (tertiary/aromatic N) is 3. The summed E-state index contributed by atoms with van der Waals surface area (Å²) in [6.45, 7) is 3.68. The van der Waals surface area contributed by atoms with E-state index >= 15 is 0 Å². The highest BCUT2D eigenvalue weighted by atomic mass is 16.5. The van der Waals surface area contributed by atoms with E-state index in [9.17, 15) is 9.59 Å². The van der Waals surface area contributed by atoms with E-state index < -0.39 is 5.92 Å². The monoisotopic (exact) mass is 453 g/mol. The van der Waals surface area contributed by atoms with Gasteiger partial charge in [0, 0.05) is 26.2 Å². The van der Waals surface area contributed by atoms with E-state index in [0.717, 1.165) is 30.0 Å². The van der Waals surface area contributed by atoms with Gasteiger partial charge in [-0.25, -0.2) is 4.98 Å². The molecule has 0 aliphatic carbocycles. The van der Waals surface area contributed by atoms with Crippen molar-refractivity contribution in [1.29, 1.82) is 0 Å². The Balaban J connectivity index is 1.49. The molecule has 2 saturated heterocycles. The molecule has 34 heavy (non-hydrogen) atoms. The number of amides is 1. The minimum atomic E-state index is -0.406. The number of carbonyl (C=O) groups excluding carboxylic acids is 2. The topological polar surface area (TPSA) is 62.7 Å². The number of likely N-dealkylation sites (tertiary alicyclic amines) is 1. The first-order valence-electron chi connectivity index (χ1n) is 11.6. The lowest BCUT2D eigenvalue weighted by atomic mass is 9.85. The number of ketones is 1. The van der Waals surface area contributed by atoms with Crippen molar-refractivity contribution in [3.63, 3.8) is 0 Å². The van der Waals surface area contributed by atoms with E-state index in [-0.39, 0.29) is 17.3 Å². The van der Waals surface area contributed by atoms with Gasteiger partial charge in [-0.1, -0.05) is 66.7 Å². The van der Waals surface area contributed by atoms with Crippen LogP contribution in [0.2, 0.25) is 0 Å². The molecule has 1 unspecified atom stereocenters. The zero-order valence-corrected chi connectivity index (χ0v) is 19.0. The van der Waals surface area contributed by atoms with Crippen molar-refractivity contribution in [3.8, 4) is 0 Å². The van der Waals surface area contributed by atoms with E-state index in [1.54, 1.807) is 11.0 Å². The van der Waals surface area contributed by atoms with Crippen molar-refractivity contribution in [1.82, 2.24) is 9.88 Å². The molecule has 5 rings (SSSR count). The Morgan fingerprint density at radius 1 is 0.882 bits per heavy atom. The van der Waals surface area contributed by atoms with Gasteiger partial charge in [-0.2, -0.15) is 0 Å². The van der Waals surface area contributed by atoms with Crippen LogP contribution in [0, 0.1) is 0 Å². The maximum Gasteiger partial charge on any atom is 0.257 e. The van der Waals surface area contributed by atoms with Crippen LogP contribution in [0.5, 0.6) is 0 Å². The minimum Gasteiger partial charge on any atom is -0.378 e. The highest BCUT2D eigenvalue weighted by molar-refractivity contribution is 6.25. The Kier molecular flexibility index (Phi) is 6.49. The van der Waals surface area contributed by atoms with Gasteiger partial charge in [0.2, 0.25) is 0 Å². The minimum absolute atomic E-state index is 0.154. The fourth-order valence-electron chi connectivity index (χ4n) is 4.50. The molecule has 0 N–H and O–H groups in total. The molecule has 1 aromatic heterocycles. The summed E-state index contributed by atoms with van der Waals surface area (Å²) < 4.78 is 5.44. The van der Waals surface area contributed by atoms with Gasteiger partial charge >= 0.3 is 0 Å². The Labute approximate surface area is 199 Å². The number of ether oxygens (including phenoxy) is 1. The maximum atomic E-state index is 13.6. The van der Waals surface area contributed by atoms with Crippen LogP contribution in [0.1, 0.15) is 22.7 Å². The summed E-state index contributed by atoms with van der Waals surface area (Å²) in [7, 11) is 0. The number of hydrogen-bond donors (Lipinski definition) is 0. The first-order valence-corrected chi connectivity index (χ1v) is 11.6. The average Bonchev–Trinajstić information content (AvgIpc) is 2.90. The number of aromatic nitrogens is 1. The molecule has 6 nitrogen and oxygen atoms in total. The second kappa shape index (κ2) is 10.0. The van der Waals surface area contributed by atoms with Gasteiger partial charge < -0.3 is 14.5 Å². The largest absolute Gasteiger partial charge is 0.378 e. The number of anilines is 1. The molecule has 0 radical (unpaired) electrons. The van der Waals surface area contributed by atoms with Crippen LogP contribution >= 0.6 is 0 Å². The number of piperidine rings is 1. The lowest BCUT2D eigenvalue weighted by Crippen LogP contribution is -2.45. The normalized spacial score (nSPS) is 20.1. The SMILES string of the molecule is O=C1/C(=C\c2cccc(N3CCOCC3)n2)C(=O)N(Cc2ccccc2)CC1c1ccccc1. The van der Waals surface area contributed by atoms with Crippen molar-refractivity contribution in [2.75, 3.05) is 37.7 Å². The Bertz CT molecular complexity index is 1190. The average molecular weight is 454 g/mol. The molecular formula is C28H27N3O3. The molecule has 6 heteroatoms. The molecule has 1 atom stereocenters. The summed E-state index contributed by atoms with van der Waals surface area (Å²) in [5.41, 5.74) is 2.74. The number of carbonyl (C=O) groups is 2. The first-order chi connectivity index (χ1) is 16.7. The number of benzene rings is 2. The molecular weight excluding hydrogens is 426 g/mol. The smallest absolute Gasteiger partial charge is 0.257 e. The highest BCUT2D eigenvalue weighted by Gasteiger charge is 2.38. The molecule has 2 aliphatic rings. The van der Waals surface area contributed by atoms with Crippen molar-refractivity contribution >= 4 is 23.6 Å². The van der Waals surface area contributed by atoms with Crippen molar-refractivity contribution < 1.29 is 14.3 Å². The van der Waals surface area contributed by atoms with Crippen LogP contribution in [0.4, 0.5) is 5.82 Å². The van der Waals surface area contributed by atoms with Crippen molar-refractivity contribution in [3.05, 3.63) is 101 Å². The summed E-state index contributed by atoms with van der Waals surface area (Å²) in [5, 5.41) is 0. The van der Waals surface area contributed by atoms with Gasteiger partial charge in [-0.3, -0.25) is 9.59 Å². The molecule has 172 valence electrons. The number of rotatable bonds is 5. The summed E-state index contributed by atoms with van der Waals surface area (Å²) in [5.74, 6) is 0.0177. The second-order valence-electron chi connectivity index (χ2n) is 8.58. The van der Waals surface area contributed by atoms with Crippen LogP contribution < -0.4 is 4.90 Å². The molecule has 1 amide bonds. The fourth-order valence-corrected chi connectivity index (χ4v) is 4.50. The van der Waals surface area contributed by atoms with Crippen molar-refractivity contribution in [2.24, 2.45) is 0 Å². The van der Waals surface area contributed by atoms with E-state index in [4.69, 9.17) is 9.72 Å². The summed E-state index contributed by atoms with van der Waals surface area (Å²) >= 11 is 0. The predicted octanol–water partition coefficient (Wildman–Crippen LogP) is 3.70. The van der Waals surface area contributed by atoms with Crippen LogP contribution in [-0.4, -0.2) is 54.4 Å². The quantitative estimate of drug-likeness (QED) is 0.436. The van der Waals surface area contributed by atoms with Crippen LogP contribution in [0.15, 0.2) is 84.4 Å². The van der Waals surface area contributed by atoms with Crippen LogP contribution in [0.3, 0.4) is 0 Å². The van der Waals surface area contributed by atoms with Gasteiger partial charge in [-0.05, 0) is 29.3 Å². The lowest BCUT2D eigenvalue weighted by Gasteiger charge is -2.33. The van der Waals surface area contributed by atoms with Crippen LogP contribution in [-0.2, 0) is 20.9 Å². The Morgan fingerprint density at radius 3 is 2.32 bits per heavy atom. The molecule has 2 aliphatic heterocycles.